The fourth-order valence-corrected chi connectivity index (χ4v) is 2.33. The summed E-state index contributed by atoms with van der Waals surface area (Å²) in [6.07, 6.45) is 2.25. The maximum absolute atomic E-state index is 10.1. The van der Waals surface area contributed by atoms with Crippen molar-refractivity contribution in [1.29, 1.82) is 0 Å². The lowest BCUT2D eigenvalue weighted by Gasteiger charge is -2.10. The number of aryl methyl sites for hydroxylation is 1. The number of aromatic hydroxyl groups is 2. The van der Waals surface area contributed by atoms with Crippen molar-refractivity contribution >= 4 is 10.8 Å². The van der Waals surface area contributed by atoms with E-state index in [2.05, 4.69) is 9.97 Å². The lowest BCUT2D eigenvalue weighted by atomic mass is 9.99. The third kappa shape index (κ3) is 2.01. The van der Waals surface area contributed by atoms with Crippen LogP contribution in [-0.4, -0.2) is 20.2 Å². The molecule has 2 aromatic carbocycles. The largest absolute Gasteiger partial charge is 0.504 e. The van der Waals surface area contributed by atoms with E-state index in [9.17, 15) is 10.2 Å². The van der Waals surface area contributed by atoms with Gasteiger partial charge in [-0.2, -0.15) is 0 Å². The Morgan fingerprint density at radius 1 is 1.21 bits per heavy atom. The Morgan fingerprint density at radius 2 is 2.00 bits per heavy atom. The summed E-state index contributed by atoms with van der Waals surface area (Å²) in [5, 5.41) is 21.7. The van der Waals surface area contributed by atoms with Crippen LogP contribution in [0.3, 0.4) is 0 Å². The minimum Gasteiger partial charge on any atom is -0.504 e. The normalized spacial score (nSPS) is 11.0. The molecule has 0 aliphatic rings. The summed E-state index contributed by atoms with van der Waals surface area (Å²) in [7, 11) is 0. The topological polar surface area (TPSA) is 69.1 Å². The van der Waals surface area contributed by atoms with Crippen LogP contribution >= 0.6 is 0 Å². The first kappa shape index (κ1) is 11.6. The molecule has 0 atom stereocenters. The fourth-order valence-electron chi connectivity index (χ4n) is 2.33. The maximum Gasteiger partial charge on any atom is 0.161 e. The van der Waals surface area contributed by atoms with E-state index < -0.39 is 0 Å². The molecule has 0 aliphatic carbocycles. The number of phenols is 2. The lowest BCUT2D eigenvalue weighted by molar-refractivity contribution is 0.401. The molecule has 3 rings (SSSR count). The number of aromatic amines is 1. The van der Waals surface area contributed by atoms with Crippen molar-refractivity contribution in [2.45, 2.75) is 13.3 Å². The predicted molar refractivity (Wildman–Crippen MR) is 73.4 cm³/mol. The van der Waals surface area contributed by atoms with Crippen LogP contribution in [0.4, 0.5) is 0 Å². The third-order valence-electron chi connectivity index (χ3n) is 3.23. The summed E-state index contributed by atoms with van der Waals surface area (Å²) in [6.45, 7) is 1.88. The number of nitrogens with one attached hydrogen (secondary N) is 1. The van der Waals surface area contributed by atoms with E-state index in [1.165, 1.54) is 0 Å². The van der Waals surface area contributed by atoms with Crippen LogP contribution in [0.5, 0.6) is 11.5 Å². The van der Waals surface area contributed by atoms with E-state index in [1.54, 1.807) is 12.3 Å². The highest BCUT2D eigenvalue weighted by molar-refractivity contribution is 5.90. The number of rotatable bonds is 2. The number of imidazole rings is 1. The van der Waals surface area contributed by atoms with Gasteiger partial charge in [0.15, 0.2) is 11.5 Å². The van der Waals surface area contributed by atoms with Gasteiger partial charge >= 0.3 is 0 Å². The van der Waals surface area contributed by atoms with Gasteiger partial charge in [0.2, 0.25) is 0 Å². The first-order valence-corrected chi connectivity index (χ1v) is 6.08. The molecule has 19 heavy (non-hydrogen) atoms. The molecule has 0 spiro atoms. The average molecular weight is 254 g/mol. The predicted octanol–water partition coefficient (Wildman–Crippen LogP) is 2.87. The molecule has 0 aliphatic heterocycles. The minimum atomic E-state index is -0.0927. The summed E-state index contributed by atoms with van der Waals surface area (Å²) >= 11 is 0. The monoisotopic (exact) mass is 254 g/mol. The number of fused-ring (bicyclic) bond motifs is 1. The molecule has 4 heteroatoms. The van der Waals surface area contributed by atoms with Crippen molar-refractivity contribution in [2.24, 2.45) is 0 Å². The highest BCUT2D eigenvalue weighted by Gasteiger charge is 2.13. The van der Waals surface area contributed by atoms with Crippen molar-refractivity contribution in [2.75, 3.05) is 0 Å². The van der Waals surface area contributed by atoms with Crippen molar-refractivity contribution < 1.29 is 10.2 Å². The van der Waals surface area contributed by atoms with Crippen LogP contribution in [-0.2, 0) is 6.42 Å². The van der Waals surface area contributed by atoms with Gasteiger partial charge in [-0.3, -0.25) is 0 Å². The average Bonchev–Trinajstić information content (AvgIpc) is 2.80. The van der Waals surface area contributed by atoms with Crippen LogP contribution in [0.1, 0.15) is 17.1 Å². The minimum absolute atomic E-state index is 0.0639. The smallest absolute Gasteiger partial charge is 0.161 e. The molecule has 0 fully saturated rings. The maximum atomic E-state index is 10.1. The molecule has 0 saturated carbocycles. The molecular formula is C15H14N2O2. The van der Waals surface area contributed by atoms with Gasteiger partial charge < -0.3 is 15.2 Å². The first-order chi connectivity index (χ1) is 9.15. The molecule has 0 radical (unpaired) electrons. The standard InChI is InChI=1S/C15H14N2O2/c1-9-16-8-11(17-9)7-13-12-5-3-2-4-10(12)6-14(18)15(13)19/h2-6,8,18-19H,7H2,1H3,(H,16,17). The second-order valence-corrected chi connectivity index (χ2v) is 4.61. The molecule has 0 bridgehead atoms. The summed E-state index contributed by atoms with van der Waals surface area (Å²) < 4.78 is 0. The highest BCUT2D eigenvalue weighted by atomic mass is 16.3. The van der Waals surface area contributed by atoms with Crippen molar-refractivity contribution in [3.8, 4) is 11.5 Å². The van der Waals surface area contributed by atoms with Gasteiger partial charge in [0.05, 0.1) is 0 Å². The fraction of sp³-hybridized carbons (Fsp3) is 0.133. The van der Waals surface area contributed by atoms with Gasteiger partial charge in [0.25, 0.3) is 0 Å². The van der Waals surface area contributed by atoms with Gasteiger partial charge in [-0.05, 0) is 23.8 Å². The summed E-state index contributed by atoms with van der Waals surface area (Å²) in [5.74, 6) is 0.676. The van der Waals surface area contributed by atoms with Crippen LogP contribution in [0, 0.1) is 6.92 Å². The van der Waals surface area contributed by atoms with Gasteiger partial charge in [-0.1, -0.05) is 24.3 Å². The molecular weight excluding hydrogens is 240 g/mol. The van der Waals surface area contributed by atoms with E-state index in [-0.39, 0.29) is 11.5 Å². The number of hydrogen-bond acceptors (Lipinski definition) is 3. The van der Waals surface area contributed by atoms with Crippen LogP contribution in [0.2, 0.25) is 0 Å². The molecule has 3 aromatic rings. The molecule has 1 heterocycles. The summed E-state index contributed by atoms with van der Waals surface area (Å²) in [5.41, 5.74) is 1.61. The highest BCUT2D eigenvalue weighted by Crippen LogP contribution is 2.36. The Labute approximate surface area is 110 Å². The second kappa shape index (κ2) is 4.31. The zero-order valence-electron chi connectivity index (χ0n) is 10.5. The number of nitrogens with zero attached hydrogens (tertiary/aromatic N) is 1. The number of phenolic OH excluding ortho intramolecular Hbond substituents is 2. The molecule has 4 nitrogen and oxygen atoms in total. The van der Waals surface area contributed by atoms with Crippen LogP contribution in [0.15, 0.2) is 36.5 Å². The Kier molecular flexibility index (Phi) is 2.63. The second-order valence-electron chi connectivity index (χ2n) is 4.61. The summed E-state index contributed by atoms with van der Waals surface area (Å²) in [6, 6.07) is 9.25. The molecule has 0 unspecified atom stereocenters. The van der Waals surface area contributed by atoms with Gasteiger partial charge in [-0.25, -0.2) is 4.98 Å². The number of benzene rings is 2. The van der Waals surface area contributed by atoms with E-state index in [0.29, 0.717) is 12.0 Å². The zero-order chi connectivity index (χ0) is 13.4. The number of H-pyrrole nitrogens is 1. The number of aromatic nitrogens is 2. The molecule has 96 valence electrons. The van der Waals surface area contributed by atoms with Gasteiger partial charge in [0.1, 0.15) is 5.82 Å². The van der Waals surface area contributed by atoms with E-state index in [4.69, 9.17) is 0 Å². The SMILES string of the molecule is Cc1ncc(Cc2c(O)c(O)cc3ccccc23)[nH]1. The van der Waals surface area contributed by atoms with Crippen LogP contribution in [0.25, 0.3) is 10.8 Å². The van der Waals surface area contributed by atoms with Gasteiger partial charge in [-0.15, -0.1) is 0 Å². The van der Waals surface area contributed by atoms with Gasteiger partial charge in [0, 0.05) is 23.9 Å². The molecule has 3 N–H and O–H groups in total. The third-order valence-corrected chi connectivity index (χ3v) is 3.23. The molecule has 1 aromatic heterocycles. The van der Waals surface area contributed by atoms with E-state index >= 15 is 0 Å². The Balaban J connectivity index is 2.18. The quantitative estimate of drug-likeness (QED) is 0.616. The Bertz CT molecular complexity index is 747. The van der Waals surface area contributed by atoms with Crippen molar-refractivity contribution in [1.82, 2.24) is 9.97 Å². The summed E-state index contributed by atoms with van der Waals surface area (Å²) in [4.78, 5) is 7.28. The van der Waals surface area contributed by atoms with E-state index in [0.717, 1.165) is 22.3 Å². The Hall–Kier alpha value is -2.49. The first-order valence-electron chi connectivity index (χ1n) is 6.08. The number of hydrogen-bond donors (Lipinski definition) is 3. The van der Waals surface area contributed by atoms with E-state index in [1.807, 2.05) is 31.2 Å². The van der Waals surface area contributed by atoms with Crippen molar-refractivity contribution in [3.05, 3.63) is 53.6 Å². The molecule has 0 amide bonds. The zero-order valence-corrected chi connectivity index (χ0v) is 10.5. The Morgan fingerprint density at radius 3 is 2.74 bits per heavy atom. The van der Waals surface area contributed by atoms with Crippen molar-refractivity contribution in [3.63, 3.8) is 0 Å². The molecule has 0 saturated heterocycles. The lowest BCUT2D eigenvalue weighted by Crippen LogP contribution is -1.92. The van der Waals surface area contributed by atoms with Crippen LogP contribution < -0.4 is 0 Å².